The Kier molecular flexibility index (Phi) is 7.79. The molecule has 1 aliphatic heterocycles. The van der Waals surface area contributed by atoms with Crippen LogP contribution in [-0.2, 0) is 17.8 Å². The summed E-state index contributed by atoms with van der Waals surface area (Å²) in [7, 11) is 0. The minimum absolute atomic E-state index is 0.0393. The monoisotopic (exact) mass is 461 g/mol. The molecule has 3 amide bonds. The molecule has 2 aromatic carbocycles. The number of rotatable bonds is 7. The van der Waals surface area contributed by atoms with E-state index < -0.39 is 0 Å². The van der Waals surface area contributed by atoms with Crippen LogP contribution in [0.4, 0.5) is 10.5 Å². The molecule has 33 heavy (non-hydrogen) atoms. The highest BCUT2D eigenvalue weighted by Gasteiger charge is 2.30. The van der Waals surface area contributed by atoms with Gasteiger partial charge in [0.1, 0.15) is 0 Å². The van der Waals surface area contributed by atoms with E-state index in [2.05, 4.69) is 36.5 Å². The van der Waals surface area contributed by atoms with Crippen LogP contribution in [0.15, 0.2) is 72.8 Å². The van der Waals surface area contributed by atoms with Crippen molar-refractivity contribution in [1.82, 2.24) is 9.80 Å². The van der Waals surface area contributed by atoms with Crippen molar-refractivity contribution in [1.29, 1.82) is 0 Å². The molecule has 1 aromatic heterocycles. The molecule has 0 spiro atoms. The maximum absolute atomic E-state index is 13.5. The summed E-state index contributed by atoms with van der Waals surface area (Å²) in [6, 6.07) is 24.0. The van der Waals surface area contributed by atoms with Gasteiger partial charge >= 0.3 is 6.03 Å². The molecule has 3 aromatic rings. The average molecular weight is 462 g/mol. The number of aryl methyl sites for hydroxylation is 1. The van der Waals surface area contributed by atoms with Crippen LogP contribution in [0.1, 0.15) is 28.2 Å². The molecular weight excluding hydrogens is 430 g/mol. The Morgan fingerprint density at radius 1 is 0.970 bits per heavy atom. The van der Waals surface area contributed by atoms with Gasteiger partial charge in [-0.25, -0.2) is 4.79 Å². The van der Waals surface area contributed by atoms with Crippen LogP contribution >= 0.6 is 11.3 Å². The van der Waals surface area contributed by atoms with E-state index in [1.165, 1.54) is 15.3 Å². The molecule has 0 aliphatic carbocycles. The molecule has 1 aliphatic rings. The molecule has 5 nitrogen and oxygen atoms in total. The maximum Gasteiger partial charge on any atom is 0.321 e. The minimum Gasteiger partial charge on any atom is -0.337 e. The summed E-state index contributed by atoms with van der Waals surface area (Å²) < 4.78 is 0. The van der Waals surface area contributed by atoms with Crippen molar-refractivity contribution in [2.75, 3.05) is 25.0 Å². The van der Waals surface area contributed by atoms with Crippen LogP contribution in [0.3, 0.4) is 0 Å². The summed E-state index contributed by atoms with van der Waals surface area (Å²) in [5.74, 6) is 0.169. The second-order valence-corrected chi connectivity index (χ2v) is 9.94. The molecule has 0 bridgehead atoms. The van der Waals surface area contributed by atoms with Gasteiger partial charge in [-0.3, -0.25) is 4.79 Å². The number of hydrogen-bond acceptors (Lipinski definition) is 3. The van der Waals surface area contributed by atoms with Crippen molar-refractivity contribution >= 4 is 29.0 Å². The summed E-state index contributed by atoms with van der Waals surface area (Å²) in [5.41, 5.74) is 2.03. The number of piperidine rings is 1. The van der Waals surface area contributed by atoms with Crippen molar-refractivity contribution < 1.29 is 9.59 Å². The third kappa shape index (κ3) is 6.45. The Balaban J connectivity index is 1.35. The number of anilines is 1. The van der Waals surface area contributed by atoms with Crippen LogP contribution in [-0.4, -0.2) is 41.4 Å². The first-order chi connectivity index (χ1) is 16.1. The van der Waals surface area contributed by atoms with E-state index in [0.29, 0.717) is 39.0 Å². The molecule has 0 atom stereocenters. The maximum atomic E-state index is 13.5. The van der Waals surface area contributed by atoms with E-state index >= 15 is 0 Å². The summed E-state index contributed by atoms with van der Waals surface area (Å²) in [6.45, 7) is 4.65. The van der Waals surface area contributed by atoms with Gasteiger partial charge in [0.2, 0.25) is 5.91 Å². The summed E-state index contributed by atoms with van der Waals surface area (Å²) in [5, 5.41) is 2.94. The molecule has 6 heteroatoms. The van der Waals surface area contributed by atoms with Crippen LogP contribution in [0, 0.1) is 12.8 Å². The Bertz CT molecular complexity index is 1040. The molecule has 1 fully saturated rings. The number of hydrogen-bond donors (Lipinski definition) is 1. The fourth-order valence-corrected chi connectivity index (χ4v) is 5.15. The predicted octanol–water partition coefficient (Wildman–Crippen LogP) is 5.57. The number of para-hydroxylation sites is 1. The third-order valence-corrected chi connectivity index (χ3v) is 7.11. The molecule has 1 N–H and O–H groups in total. The van der Waals surface area contributed by atoms with Crippen molar-refractivity contribution in [3.8, 4) is 0 Å². The van der Waals surface area contributed by atoms with Gasteiger partial charge in [0, 0.05) is 41.0 Å². The fourth-order valence-electron chi connectivity index (χ4n) is 4.25. The summed E-state index contributed by atoms with van der Waals surface area (Å²) in [4.78, 5) is 32.4. The molecule has 0 saturated carbocycles. The van der Waals surface area contributed by atoms with E-state index in [9.17, 15) is 9.59 Å². The smallest absolute Gasteiger partial charge is 0.321 e. The highest BCUT2D eigenvalue weighted by atomic mass is 32.1. The number of amides is 3. The number of nitrogens with zero attached hydrogens (tertiary/aromatic N) is 2. The van der Waals surface area contributed by atoms with Crippen molar-refractivity contribution in [3.63, 3.8) is 0 Å². The van der Waals surface area contributed by atoms with Crippen molar-refractivity contribution in [2.45, 2.75) is 32.7 Å². The van der Waals surface area contributed by atoms with Gasteiger partial charge in [-0.1, -0.05) is 48.5 Å². The van der Waals surface area contributed by atoms with E-state index in [-0.39, 0.29) is 17.9 Å². The quantitative estimate of drug-likeness (QED) is 0.500. The van der Waals surface area contributed by atoms with Gasteiger partial charge in [-0.05, 0) is 56.0 Å². The average Bonchev–Trinajstić information content (AvgIpc) is 3.27. The lowest BCUT2D eigenvalue weighted by Gasteiger charge is -2.34. The van der Waals surface area contributed by atoms with E-state index in [4.69, 9.17) is 0 Å². The molecule has 0 radical (unpaired) electrons. The number of carbonyl (C=O) groups is 2. The molecular formula is C27H31N3O2S. The van der Waals surface area contributed by atoms with Gasteiger partial charge in [-0.15, -0.1) is 11.3 Å². The van der Waals surface area contributed by atoms with Gasteiger partial charge in [-0.2, -0.15) is 0 Å². The number of carbonyl (C=O) groups excluding carboxylic acids is 2. The number of thiophene rings is 1. The van der Waals surface area contributed by atoms with Crippen LogP contribution < -0.4 is 5.32 Å². The van der Waals surface area contributed by atoms with Gasteiger partial charge < -0.3 is 15.1 Å². The Morgan fingerprint density at radius 3 is 2.27 bits per heavy atom. The highest BCUT2D eigenvalue weighted by molar-refractivity contribution is 7.11. The number of urea groups is 1. The Hall–Kier alpha value is -3.12. The number of likely N-dealkylation sites (tertiary alicyclic amines) is 1. The lowest BCUT2D eigenvalue weighted by atomic mass is 9.95. The zero-order valence-electron chi connectivity index (χ0n) is 19.1. The zero-order valence-corrected chi connectivity index (χ0v) is 19.9. The van der Waals surface area contributed by atoms with Gasteiger partial charge in [0.15, 0.2) is 0 Å². The second kappa shape index (κ2) is 11.1. The van der Waals surface area contributed by atoms with Gasteiger partial charge in [0.05, 0.1) is 6.54 Å². The zero-order chi connectivity index (χ0) is 23.0. The third-order valence-electron chi connectivity index (χ3n) is 6.12. The standard InChI is InChI=1S/C27H31N3O2S/c1-21-12-13-25(33-21)20-30(17-14-22-8-4-2-5-9-22)26(31)23-15-18-29(19-16-23)27(32)28-24-10-6-3-7-11-24/h2-13,23H,14-20H2,1H3,(H,28,32). The van der Waals surface area contributed by atoms with Crippen LogP contribution in [0.5, 0.6) is 0 Å². The number of nitrogens with one attached hydrogen (secondary N) is 1. The highest BCUT2D eigenvalue weighted by Crippen LogP contribution is 2.24. The normalized spacial score (nSPS) is 14.2. The topological polar surface area (TPSA) is 52.7 Å². The second-order valence-electron chi connectivity index (χ2n) is 8.57. The molecule has 4 rings (SSSR count). The largest absolute Gasteiger partial charge is 0.337 e. The van der Waals surface area contributed by atoms with Crippen LogP contribution in [0.25, 0.3) is 0 Å². The van der Waals surface area contributed by atoms with E-state index in [1.54, 1.807) is 11.3 Å². The fraction of sp³-hybridized carbons (Fsp3) is 0.333. The van der Waals surface area contributed by atoms with Crippen LogP contribution in [0.2, 0.25) is 0 Å². The molecule has 1 saturated heterocycles. The van der Waals surface area contributed by atoms with E-state index in [0.717, 1.165) is 12.1 Å². The Labute approximate surface area is 200 Å². The van der Waals surface area contributed by atoms with Crippen molar-refractivity contribution in [3.05, 3.63) is 88.1 Å². The summed E-state index contributed by atoms with van der Waals surface area (Å²) >= 11 is 1.75. The molecule has 2 heterocycles. The van der Waals surface area contributed by atoms with E-state index in [1.807, 2.05) is 58.3 Å². The first kappa shape index (κ1) is 23.1. The lowest BCUT2D eigenvalue weighted by Crippen LogP contribution is -2.45. The predicted molar refractivity (Wildman–Crippen MR) is 134 cm³/mol. The first-order valence-electron chi connectivity index (χ1n) is 11.6. The minimum atomic E-state index is -0.0953. The van der Waals surface area contributed by atoms with Crippen molar-refractivity contribution in [2.24, 2.45) is 5.92 Å². The molecule has 172 valence electrons. The number of benzene rings is 2. The molecule has 0 unspecified atom stereocenters. The van der Waals surface area contributed by atoms with Gasteiger partial charge in [0.25, 0.3) is 0 Å². The SMILES string of the molecule is Cc1ccc(CN(CCc2ccccc2)C(=O)C2CCN(C(=O)Nc3ccccc3)CC2)s1. The lowest BCUT2D eigenvalue weighted by molar-refractivity contribution is -0.137. The first-order valence-corrected chi connectivity index (χ1v) is 12.4. The summed E-state index contributed by atoms with van der Waals surface area (Å²) in [6.07, 6.45) is 2.24. The Morgan fingerprint density at radius 2 is 1.64 bits per heavy atom.